The lowest BCUT2D eigenvalue weighted by Gasteiger charge is -2.19. The van der Waals surface area contributed by atoms with Crippen LogP contribution in [0, 0.1) is 0 Å². The Morgan fingerprint density at radius 2 is 2.50 bits per heavy atom. The highest BCUT2D eigenvalue weighted by atomic mass is 16.5. The Bertz CT molecular complexity index is 273. The third-order valence-corrected chi connectivity index (χ3v) is 1.85. The summed E-state index contributed by atoms with van der Waals surface area (Å²) in [4.78, 5) is 8.22. The molecule has 0 aromatic carbocycles. The van der Waals surface area contributed by atoms with Crippen LogP contribution in [0.1, 0.15) is 12.6 Å². The van der Waals surface area contributed by atoms with Crippen LogP contribution >= 0.6 is 0 Å². The summed E-state index contributed by atoms with van der Waals surface area (Å²) in [5, 5.41) is 3.16. The van der Waals surface area contributed by atoms with Crippen molar-refractivity contribution in [3.8, 4) is 5.75 Å². The summed E-state index contributed by atoms with van der Waals surface area (Å²) >= 11 is 0. The molecule has 0 fully saturated rings. The van der Waals surface area contributed by atoms with Crippen molar-refractivity contribution in [1.82, 2.24) is 9.97 Å². The summed E-state index contributed by atoms with van der Waals surface area (Å²) in [6, 6.07) is 0. The monoisotopic (exact) mass is 165 g/mol. The molecule has 0 bridgehead atoms. The molecule has 0 radical (unpaired) electrons. The van der Waals surface area contributed by atoms with Gasteiger partial charge in [-0.25, -0.2) is 9.97 Å². The zero-order valence-electron chi connectivity index (χ0n) is 7.00. The van der Waals surface area contributed by atoms with Crippen LogP contribution in [0.5, 0.6) is 5.75 Å². The third kappa shape index (κ3) is 1.09. The fraction of sp³-hybridized carbons (Fsp3) is 0.500. The minimum absolute atomic E-state index is 0.702. The van der Waals surface area contributed by atoms with Crippen LogP contribution in [-0.2, 0) is 6.42 Å². The Kier molecular flexibility index (Phi) is 1.81. The molecule has 0 unspecified atom stereocenters. The zero-order valence-corrected chi connectivity index (χ0v) is 7.00. The van der Waals surface area contributed by atoms with Crippen molar-refractivity contribution in [3.05, 3.63) is 12.0 Å². The lowest BCUT2D eigenvalue weighted by Crippen LogP contribution is -2.20. The number of hydrogen-bond acceptors (Lipinski definition) is 4. The zero-order chi connectivity index (χ0) is 8.39. The van der Waals surface area contributed by atoms with E-state index in [1.54, 1.807) is 6.33 Å². The highest BCUT2D eigenvalue weighted by molar-refractivity contribution is 5.53. The standard InChI is InChI=1S/C8H11N3O/c1-2-6-7-8(11-5-10-6)9-3-4-12-7/h5H,2-4H2,1H3,(H,9,10,11). The molecule has 1 aromatic rings. The van der Waals surface area contributed by atoms with Crippen LogP contribution in [0.15, 0.2) is 6.33 Å². The molecular weight excluding hydrogens is 154 g/mol. The van der Waals surface area contributed by atoms with Crippen LogP contribution in [0.2, 0.25) is 0 Å². The molecular formula is C8H11N3O. The maximum absolute atomic E-state index is 5.46. The van der Waals surface area contributed by atoms with E-state index >= 15 is 0 Å². The lowest BCUT2D eigenvalue weighted by atomic mass is 10.3. The van der Waals surface area contributed by atoms with E-state index in [2.05, 4.69) is 22.2 Å². The number of aryl methyl sites for hydroxylation is 1. The Morgan fingerprint density at radius 1 is 1.58 bits per heavy atom. The molecule has 64 valence electrons. The summed E-state index contributed by atoms with van der Waals surface area (Å²) in [5.74, 6) is 1.65. The molecule has 0 aliphatic carbocycles. The molecule has 1 N–H and O–H groups in total. The Morgan fingerprint density at radius 3 is 3.33 bits per heavy atom. The van der Waals surface area contributed by atoms with E-state index in [4.69, 9.17) is 4.74 Å². The second-order valence-corrected chi connectivity index (χ2v) is 2.63. The molecule has 0 atom stereocenters. The Balaban J connectivity index is 2.44. The fourth-order valence-electron chi connectivity index (χ4n) is 1.26. The van der Waals surface area contributed by atoms with Gasteiger partial charge in [-0.3, -0.25) is 0 Å². The van der Waals surface area contributed by atoms with Crippen LogP contribution < -0.4 is 10.1 Å². The van der Waals surface area contributed by atoms with E-state index in [0.717, 1.165) is 30.2 Å². The maximum Gasteiger partial charge on any atom is 0.183 e. The van der Waals surface area contributed by atoms with Gasteiger partial charge in [0.1, 0.15) is 12.9 Å². The topological polar surface area (TPSA) is 47.0 Å². The van der Waals surface area contributed by atoms with Gasteiger partial charge in [-0.1, -0.05) is 6.92 Å². The molecule has 12 heavy (non-hydrogen) atoms. The van der Waals surface area contributed by atoms with Crippen molar-refractivity contribution in [3.63, 3.8) is 0 Å². The van der Waals surface area contributed by atoms with Crippen LogP contribution in [0.3, 0.4) is 0 Å². The maximum atomic E-state index is 5.46. The Labute approximate surface area is 71.0 Å². The van der Waals surface area contributed by atoms with Gasteiger partial charge < -0.3 is 10.1 Å². The van der Waals surface area contributed by atoms with Gasteiger partial charge in [0, 0.05) is 0 Å². The third-order valence-electron chi connectivity index (χ3n) is 1.85. The van der Waals surface area contributed by atoms with E-state index in [-0.39, 0.29) is 0 Å². The molecule has 0 saturated carbocycles. The van der Waals surface area contributed by atoms with Crippen LogP contribution in [0.4, 0.5) is 5.82 Å². The van der Waals surface area contributed by atoms with Crippen molar-refractivity contribution in [2.24, 2.45) is 0 Å². The molecule has 0 saturated heterocycles. The van der Waals surface area contributed by atoms with E-state index in [1.165, 1.54) is 0 Å². The predicted molar refractivity (Wildman–Crippen MR) is 45.4 cm³/mol. The van der Waals surface area contributed by atoms with Gasteiger partial charge >= 0.3 is 0 Å². The summed E-state index contributed by atoms with van der Waals surface area (Å²) in [5.41, 5.74) is 0.979. The molecule has 1 aromatic heterocycles. The first-order chi connectivity index (χ1) is 5.92. The van der Waals surface area contributed by atoms with Gasteiger partial charge in [0.15, 0.2) is 11.6 Å². The molecule has 0 spiro atoms. The van der Waals surface area contributed by atoms with Crippen molar-refractivity contribution >= 4 is 5.82 Å². The molecule has 1 aliphatic rings. The largest absolute Gasteiger partial charge is 0.486 e. The molecule has 4 nitrogen and oxygen atoms in total. The molecule has 2 rings (SSSR count). The minimum Gasteiger partial charge on any atom is -0.486 e. The summed E-state index contributed by atoms with van der Waals surface area (Å²) in [7, 11) is 0. The highest BCUT2D eigenvalue weighted by Crippen LogP contribution is 2.27. The second kappa shape index (κ2) is 2.97. The SMILES string of the molecule is CCc1ncnc2c1OCCN2. The van der Waals surface area contributed by atoms with Gasteiger partial charge in [-0.2, -0.15) is 0 Å². The highest BCUT2D eigenvalue weighted by Gasteiger charge is 2.14. The molecule has 2 heterocycles. The lowest BCUT2D eigenvalue weighted by molar-refractivity contribution is 0.316. The number of rotatable bonds is 1. The summed E-state index contributed by atoms with van der Waals surface area (Å²) in [6.07, 6.45) is 2.45. The first-order valence-electron chi connectivity index (χ1n) is 4.12. The number of nitrogens with zero attached hydrogens (tertiary/aromatic N) is 2. The van der Waals surface area contributed by atoms with Gasteiger partial charge in [0.25, 0.3) is 0 Å². The van der Waals surface area contributed by atoms with Crippen molar-refractivity contribution in [1.29, 1.82) is 0 Å². The normalized spacial score (nSPS) is 14.4. The van der Waals surface area contributed by atoms with Gasteiger partial charge in [0.05, 0.1) is 12.2 Å². The Hall–Kier alpha value is -1.32. The first-order valence-corrected chi connectivity index (χ1v) is 4.12. The van der Waals surface area contributed by atoms with Crippen LogP contribution in [0.25, 0.3) is 0 Å². The second-order valence-electron chi connectivity index (χ2n) is 2.63. The fourth-order valence-corrected chi connectivity index (χ4v) is 1.26. The average Bonchev–Trinajstić information content (AvgIpc) is 2.17. The van der Waals surface area contributed by atoms with Gasteiger partial charge in [0.2, 0.25) is 0 Å². The van der Waals surface area contributed by atoms with Gasteiger partial charge in [-0.05, 0) is 6.42 Å². The minimum atomic E-state index is 0.702. The van der Waals surface area contributed by atoms with Crippen molar-refractivity contribution < 1.29 is 4.74 Å². The number of fused-ring (bicyclic) bond motifs is 1. The number of aromatic nitrogens is 2. The number of nitrogens with one attached hydrogen (secondary N) is 1. The quantitative estimate of drug-likeness (QED) is 0.670. The summed E-state index contributed by atoms with van der Waals surface area (Å²) < 4.78 is 5.46. The molecule has 4 heteroatoms. The number of ether oxygens (including phenoxy) is 1. The van der Waals surface area contributed by atoms with E-state index in [1.807, 2.05) is 0 Å². The van der Waals surface area contributed by atoms with E-state index < -0.39 is 0 Å². The number of hydrogen-bond donors (Lipinski definition) is 1. The number of anilines is 1. The predicted octanol–water partition coefficient (Wildman–Crippen LogP) is 0.843. The van der Waals surface area contributed by atoms with E-state index in [9.17, 15) is 0 Å². The first kappa shape index (κ1) is 7.34. The molecule has 1 aliphatic heterocycles. The van der Waals surface area contributed by atoms with Gasteiger partial charge in [-0.15, -0.1) is 0 Å². The van der Waals surface area contributed by atoms with Crippen molar-refractivity contribution in [2.45, 2.75) is 13.3 Å². The smallest absolute Gasteiger partial charge is 0.183 e. The average molecular weight is 165 g/mol. The van der Waals surface area contributed by atoms with Crippen LogP contribution in [-0.4, -0.2) is 23.1 Å². The van der Waals surface area contributed by atoms with Crippen molar-refractivity contribution in [2.75, 3.05) is 18.5 Å². The van der Waals surface area contributed by atoms with E-state index in [0.29, 0.717) is 6.61 Å². The summed E-state index contributed by atoms with van der Waals surface area (Å²) in [6.45, 7) is 3.58. The molecule has 0 amide bonds.